The molecule has 0 bridgehead atoms. The smallest absolute Gasteiger partial charge is 0.220 e. The van der Waals surface area contributed by atoms with Crippen LogP contribution in [0.5, 0.6) is 0 Å². The summed E-state index contributed by atoms with van der Waals surface area (Å²) in [6.45, 7) is 0. The largest absolute Gasteiger partial charge is 0.469 e. The zero-order valence-corrected chi connectivity index (χ0v) is 12.0. The molecule has 1 unspecified atom stereocenters. The summed E-state index contributed by atoms with van der Waals surface area (Å²) in [4.78, 5) is 12.1. The van der Waals surface area contributed by atoms with E-state index in [-0.39, 0.29) is 11.9 Å². The van der Waals surface area contributed by atoms with Crippen molar-refractivity contribution in [2.24, 2.45) is 0 Å². The maximum atomic E-state index is 12.1. The maximum Gasteiger partial charge on any atom is 0.220 e. The quantitative estimate of drug-likeness (QED) is 0.848. The van der Waals surface area contributed by atoms with Crippen molar-refractivity contribution in [3.05, 3.63) is 53.5 Å². The zero-order chi connectivity index (χ0) is 14.7. The molecule has 1 aliphatic carbocycles. The number of hydrogen-bond donors (Lipinski definition) is 2. The Labute approximate surface area is 124 Å². The highest BCUT2D eigenvalue weighted by Gasteiger charge is 2.23. The lowest BCUT2D eigenvalue weighted by Crippen LogP contribution is -2.30. The highest BCUT2D eigenvalue weighted by atomic mass is 16.3. The number of hydrogen-bond acceptors (Lipinski definition) is 3. The molecule has 21 heavy (non-hydrogen) atoms. The Hall–Kier alpha value is -2.23. The van der Waals surface area contributed by atoms with Crippen molar-refractivity contribution in [2.75, 3.05) is 5.73 Å². The van der Waals surface area contributed by atoms with E-state index in [4.69, 9.17) is 10.2 Å². The number of nitrogens with two attached hydrogens (primary N) is 1. The van der Waals surface area contributed by atoms with E-state index in [1.54, 1.807) is 6.26 Å². The third kappa shape index (κ3) is 3.27. The number of carbonyl (C=O) groups excluding carboxylic acids is 1. The third-order valence-electron chi connectivity index (χ3n) is 3.98. The van der Waals surface area contributed by atoms with Crippen molar-refractivity contribution in [1.29, 1.82) is 0 Å². The van der Waals surface area contributed by atoms with Crippen LogP contribution in [0.25, 0.3) is 0 Å². The maximum absolute atomic E-state index is 12.1. The van der Waals surface area contributed by atoms with Crippen LogP contribution in [0.2, 0.25) is 0 Å². The number of anilines is 1. The van der Waals surface area contributed by atoms with Gasteiger partial charge in [0, 0.05) is 24.1 Å². The molecule has 1 amide bonds. The van der Waals surface area contributed by atoms with Gasteiger partial charge in [-0.25, -0.2) is 0 Å². The van der Waals surface area contributed by atoms with E-state index in [0.29, 0.717) is 12.8 Å². The van der Waals surface area contributed by atoms with E-state index >= 15 is 0 Å². The predicted molar refractivity (Wildman–Crippen MR) is 81.7 cm³/mol. The van der Waals surface area contributed by atoms with Gasteiger partial charge in [0.05, 0.1) is 12.3 Å². The monoisotopic (exact) mass is 284 g/mol. The van der Waals surface area contributed by atoms with Crippen LogP contribution in [0.3, 0.4) is 0 Å². The summed E-state index contributed by atoms with van der Waals surface area (Å²) < 4.78 is 5.45. The average molecular weight is 284 g/mol. The first kappa shape index (κ1) is 13.7. The molecule has 0 saturated carbocycles. The Balaban J connectivity index is 1.56. The molecule has 2 aromatic rings. The van der Waals surface area contributed by atoms with Crippen molar-refractivity contribution in [2.45, 2.75) is 38.1 Å². The molecule has 0 fully saturated rings. The summed E-state index contributed by atoms with van der Waals surface area (Å²) in [6.07, 6.45) is 5.91. The van der Waals surface area contributed by atoms with Crippen molar-refractivity contribution in [3.63, 3.8) is 0 Å². The molecule has 1 aromatic carbocycles. The van der Waals surface area contributed by atoms with Crippen LogP contribution < -0.4 is 11.1 Å². The first-order valence-electron chi connectivity index (χ1n) is 7.42. The molecule has 1 heterocycles. The van der Waals surface area contributed by atoms with Crippen molar-refractivity contribution in [1.82, 2.24) is 5.32 Å². The van der Waals surface area contributed by atoms with Crippen molar-refractivity contribution < 1.29 is 9.21 Å². The number of nitrogen functional groups attached to an aromatic ring is 1. The highest BCUT2D eigenvalue weighted by Crippen LogP contribution is 2.30. The first-order chi connectivity index (χ1) is 10.2. The van der Waals surface area contributed by atoms with Gasteiger partial charge in [0.25, 0.3) is 0 Å². The molecular formula is C17H20N2O2. The summed E-state index contributed by atoms with van der Waals surface area (Å²) in [6, 6.07) is 9.76. The number of fused-ring (bicyclic) bond motifs is 1. The van der Waals surface area contributed by atoms with Gasteiger partial charge < -0.3 is 15.5 Å². The number of rotatable bonds is 4. The van der Waals surface area contributed by atoms with Crippen LogP contribution >= 0.6 is 0 Å². The first-order valence-corrected chi connectivity index (χ1v) is 7.42. The summed E-state index contributed by atoms with van der Waals surface area (Å²) in [7, 11) is 0. The van der Waals surface area contributed by atoms with Gasteiger partial charge in [-0.2, -0.15) is 0 Å². The number of carbonyl (C=O) groups is 1. The van der Waals surface area contributed by atoms with E-state index < -0.39 is 0 Å². The van der Waals surface area contributed by atoms with Gasteiger partial charge in [0.15, 0.2) is 0 Å². The number of amides is 1. The summed E-state index contributed by atoms with van der Waals surface area (Å²) in [5.41, 5.74) is 8.72. The average Bonchev–Trinajstić information content (AvgIpc) is 2.95. The van der Waals surface area contributed by atoms with Crippen LogP contribution in [-0.2, 0) is 17.6 Å². The summed E-state index contributed by atoms with van der Waals surface area (Å²) in [5, 5.41) is 3.12. The fraction of sp³-hybridized carbons (Fsp3) is 0.353. The number of aryl methyl sites for hydroxylation is 2. The van der Waals surface area contributed by atoms with Gasteiger partial charge >= 0.3 is 0 Å². The van der Waals surface area contributed by atoms with Crippen LogP contribution in [0.1, 0.15) is 42.2 Å². The Bertz CT molecular complexity index is 633. The highest BCUT2D eigenvalue weighted by molar-refractivity contribution is 5.76. The molecule has 1 atom stereocenters. The SMILES string of the molecule is Nc1cccc(CCC(=O)NC2CCCc3occc32)c1. The van der Waals surface area contributed by atoms with Gasteiger partial charge in [-0.1, -0.05) is 12.1 Å². The number of nitrogens with one attached hydrogen (secondary N) is 1. The molecule has 1 aromatic heterocycles. The fourth-order valence-corrected chi connectivity index (χ4v) is 2.91. The van der Waals surface area contributed by atoms with Gasteiger partial charge in [0.1, 0.15) is 5.76 Å². The molecule has 0 radical (unpaired) electrons. The molecule has 4 nitrogen and oxygen atoms in total. The lowest BCUT2D eigenvalue weighted by Gasteiger charge is -2.22. The van der Waals surface area contributed by atoms with E-state index in [2.05, 4.69) is 5.32 Å². The van der Waals surface area contributed by atoms with Gasteiger partial charge in [-0.3, -0.25) is 4.79 Å². The summed E-state index contributed by atoms with van der Waals surface area (Å²) in [5.74, 6) is 1.10. The van der Waals surface area contributed by atoms with E-state index in [0.717, 1.165) is 41.8 Å². The molecule has 3 N–H and O–H groups in total. The zero-order valence-electron chi connectivity index (χ0n) is 12.0. The second-order valence-electron chi connectivity index (χ2n) is 5.56. The lowest BCUT2D eigenvalue weighted by atomic mass is 9.93. The van der Waals surface area contributed by atoms with Crippen molar-refractivity contribution in [3.8, 4) is 0 Å². The molecule has 3 rings (SSSR count). The minimum Gasteiger partial charge on any atom is -0.469 e. The van der Waals surface area contributed by atoms with Gasteiger partial charge in [0.2, 0.25) is 5.91 Å². The third-order valence-corrected chi connectivity index (χ3v) is 3.98. The minimum absolute atomic E-state index is 0.0801. The molecule has 0 aliphatic heterocycles. The minimum atomic E-state index is 0.0801. The predicted octanol–water partition coefficient (Wildman–Crippen LogP) is 2.99. The molecular weight excluding hydrogens is 264 g/mol. The van der Waals surface area contributed by atoms with Crippen molar-refractivity contribution >= 4 is 11.6 Å². The molecule has 110 valence electrons. The van der Waals surface area contributed by atoms with Gasteiger partial charge in [-0.15, -0.1) is 0 Å². The standard InChI is InChI=1S/C17H20N2O2/c18-13-4-1-3-12(11-13)7-8-17(20)19-15-5-2-6-16-14(15)9-10-21-16/h1,3-4,9-11,15H,2,5-8,18H2,(H,19,20). The van der Waals surface area contributed by atoms with E-state index in [9.17, 15) is 4.79 Å². The molecule has 1 aliphatic rings. The van der Waals surface area contributed by atoms with Crippen LogP contribution in [0.4, 0.5) is 5.69 Å². The molecule has 0 saturated heterocycles. The lowest BCUT2D eigenvalue weighted by molar-refractivity contribution is -0.121. The Kier molecular flexibility index (Phi) is 3.95. The second kappa shape index (κ2) is 6.04. The van der Waals surface area contributed by atoms with Crippen LogP contribution in [0, 0.1) is 0 Å². The summed E-state index contributed by atoms with van der Waals surface area (Å²) >= 11 is 0. The van der Waals surface area contributed by atoms with Crippen LogP contribution in [-0.4, -0.2) is 5.91 Å². The fourth-order valence-electron chi connectivity index (χ4n) is 2.91. The number of furan rings is 1. The van der Waals surface area contributed by atoms with Crippen LogP contribution in [0.15, 0.2) is 41.0 Å². The Morgan fingerprint density at radius 2 is 2.29 bits per heavy atom. The Morgan fingerprint density at radius 1 is 1.38 bits per heavy atom. The van der Waals surface area contributed by atoms with Gasteiger partial charge in [-0.05, 0) is 43.0 Å². The normalized spacial score (nSPS) is 17.2. The van der Waals surface area contributed by atoms with E-state index in [1.807, 2.05) is 30.3 Å². The van der Waals surface area contributed by atoms with E-state index in [1.165, 1.54) is 0 Å². The molecule has 4 heteroatoms. The Morgan fingerprint density at radius 3 is 3.14 bits per heavy atom. The number of benzene rings is 1. The molecule has 0 spiro atoms. The topological polar surface area (TPSA) is 68.3 Å². The second-order valence-corrected chi connectivity index (χ2v) is 5.56.